The number of anilines is 2. The standard InChI is InChI=1S/C23H24FN3O2S/c1-14-4-6-18(15(2)12-14)23-25-16(3)21(30-23)22(28)26-17-5-7-20(19(24)13-17)27-8-10-29-11-9-27/h4-7,12-13H,8-11H2,1-3H3,(H,26,28). The van der Waals surface area contributed by atoms with Crippen LogP contribution in [-0.4, -0.2) is 37.2 Å². The first kappa shape index (κ1) is 20.5. The molecule has 3 aromatic rings. The van der Waals surface area contributed by atoms with E-state index in [9.17, 15) is 9.18 Å². The van der Waals surface area contributed by atoms with Gasteiger partial charge in [0.05, 0.1) is 24.6 Å². The summed E-state index contributed by atoms with van der Waals surface area (Å²) in [6, 6.07) is 11.0. The van der Waals surface area contributed by atoms with E-state index in [1.807, 2.05) is 37.8 Å². The Balaban J connectivity index is 1.53. The molecule has 0 saturated carbocycles. The van der Waals surface area contributed by atoms with Gasteiger partial charge in [-0.25, -0.2) is 9.37 Å². The average molecular weight is 426 g/mol. The summed E-state index contributed by atoms with van der Waals surface area (Å²) in [5.41, 5.74) is 4.95. The number of carbonyl (C=O) groups is 1. The SMILES string of the molecule is Cc1ccc(-c2nc(C)c(C(=O)Nc3ccc(N4CCOCC4)c(F)c3)s2)c(C)c1. The van der Waals surface area contributed by atoms with E-state index >= 15 is 0 Å². The monoisotopic (exact) mass is 425 g/mol. The fourth-order valence-electron chi connectivity index (χ4n) is 3.61. The Labute approximate surface area is 179 Å². The van der Waals surface area contributed by atoms with Gasteiger partial charge in [0.15, 0.2) is 0 Å². The molecule has 1 amide bonds. The highest BCUT2D eigenvalue weighted by molar-refractivity contribution is 7.17. The zero-order chi connectivity index (χ0) is 21.3. The van der Waals surface area contributed by atoms with Crippen LogP contribution in [0.1, 0.15) is 26.5 Å². The Kier molecular flexibility index (Phi) is 5.83. The third kappa shape index (κ3) is 4.22. The first-order valence-electron chi connectivity index (χ1n) is 9.91. The zero-order valence-electron chi connectivity index (χ0n) is 17.3. The van der Waals surface area contributed by atoms with Gasteiger partial charge in [-0.15, -0.1) is 11.3 Å². The number of halogens is 1. The van der Waals surface area contributed by atoms with Crippen LogP contribution in [0.2, 0.25) is 0 Å². The average Bonchev–Trinajstić information content (AvgIpc) is 3.10. The molecular weight excluding hydrogens is 401 g/mol. The van der Waals surface area contributed by atoms with Crippen molar-refractivity contribution in [3.63, 3.8) is 0 Å². The van der Waals surface area contributed by atoms with Gasteiger partial charge >= 0.3 is 0 Å². The van der Waals surface area contributed by atoms with Gasteiger partial charge < -0.3 is 15.0 Å². The first-order valence-corrected chi connectivity index (χ1v) is 10.7. The molecule has 0 radical (unpaired) electrons. The Morgan fingerprint density at radius 2 is 1.90 bits per heavy atom. The minimum Gasteiger partial charge on any atom is -0.378 e. The molecule has 7 heteroatoms. The molecule has 0 spiro atoms. The molecule has 156 valence electrons. The maximum atomic E-state index is 14.6. The van der Waals surface area contributed by atoms with Gasteiger partial charge in [0.1, 0.15) is 15.7 Å². The van der Waals surface area contributed by atoms with Crippen LogP contribution in [0.3, 0.4) is 0 Å². The lowest BCUT2D eigenvalue weighted by atomic mass is 10.1. The van der Waals surface area contributed by atoms with Gasteiger partial charge in [-0.3, -0.25) is 4.79 Å². The topological polar surface area (TPSA) is 54.5 Å². The maximum Gasteiger partial charge on any atom is 0.267 e. The number of nitrogens with zero attached hydrogens (tertiary/aromatic N) is 2. The second kappa shape index (κ2) is 8.53. The summed E-state index contributed by atoms with van der Waals surface area (Å²) in [6.07, 6.45) is 0. The Bertz CT molecular complexity index is 1090. The van der Waals surface area contributed by atoms with Gasteiger partial charge in [-0.2, -0.15) is 0 Å². The molecular formula is C23H24FN3O2S. The maximum absolute atomic E-state index is 14.6. The number of aryl methyl sites for hydroxylation is 3. The molecule has 0 atom stereocenters. The van der Waals surface area contributed by atoms with E-state index in [-0.39, 0.29) is 11.7 Å². The number of rotatable bonds is 4. The number of nitrogens with one attached hydrogen (secondary N) is 1. The molecule has 4 rings (SSSR count). The lowest BCUT2D eigenvalue weighted by molar-refractivity contribution is 0.103. The highest BCUT2D eigenvalue weighted by Crippen LogP contribution is 2.31. The number of carbonyl (C=O) groups excluding carboxylic acids is 1. The van der Waals surface area contributed by atoms with Gasteiger partial charge in [-0.1, -0.05) is 23.8 Å². The lowest BCUT2D eigenvalue weighted by Crippen LogP contribution is -2.36. The van der Waals surface area contributed by atoms with Crippen molar-refractivity contribution in [1.82, 2.24) is 4.98 Å². The second-order valence-electron chi connectivity index (χ2n) is 7.47. The van der Waals surface area contributed by atoms with Crippen LogP contribution in [0.4, 0.5) is 15.8 Å². The quantitative estimate of drug-likeness (QED) is 0.642. The van der Waals surface area contributed by atoms with Crippen LogP contribution < -0.4 is 10.2 Å². The summed E-state index contributed by atoms with van der Waals surface area (Å²) in [4.78, 5) is 19.9. The summed E-state index contributed by atoms with van der Waals surface area (Å²) >= 11 is 1.35. The summed E-state index contributed by atoms with van der Waals surface area (Å²) in [6.45, 7) is 8.40. The van der Waals surface area contributed by atoms with E-state index in [1.165, 1.54) is 23.0 Å². The Hall–Kier alpha value is -2.77. The smallest absolute Gasteiger partial charge is 0.267 e. The van der Waals surface area contributed by atoms with Crippen molar-refractivity contribution in [1.29, 1.82) is 0 Å². The lowest BCUT2D eigenvalue weighted by Gasteiger charge is -2.29. The molecule has 1 fully saturated rings. The molecule has 30 heavy (non-hydrogen) atoms. The zero-order valence-corrected chi connectivity index (χ0v) is 18.1. The Morgan fingerprint density at radius 3 is 2.60 bits per heavy atom. The minimum absolute atomic E-state index is 0.278. The number of amides is 1. The normalized spacial score (nSPS) is 14.1. The van der Waals surface area contributed by atoms with E-state index in [0.717, 1.165) is 16.1 Å². The molecule has 1 aliphatic heterocycles. The largest absolute Gasteiger partial charge is 0.378 e. The predicted octanol–water partition coefficient (Wildman–Crippen LogP) is 4.96. The van der Waals surface area contributed by atoms with Crippen molar-refractivity contribution < 1.29 is 13.9 Å². The van der Waals surface area contributed by atoms with Gasteiger partial charge in [0.25, 0.3) is 5.91 Å². The summed E-state index contributed by atoms with van der Waals surface area (Å²) < 4.78 is 19.9. The highest BCUT2D eigenvalue weighted by atomic mass is 32.1. The molecule has 1 saturated heterocycles. The van der Waals surface area contributed by atoms with E-state index < -0.39 is 0 Å². The van der Waals surface area contributed by atoms with Gasteiger partial charge in [-0.05, 0) is 44.5 Å². The summed E-state index contributed by atoms with van der Waals surface area (Å²) in [5, 5.41) is 3.62. The third-order valence-electron chi connectivity index (χ3n) is 5.17. The second-order valence-corrected chi connectivity index (χ2v) is 8.47. The molecule has 5 nitrogen and oxygen atoms in total. The van der Waals surface area contributed by atoms with E-state index in [4.69, 9.17) is 4.74 Å². The van der Waals surface area contributed by atoms with Crippen LogP contribution in [0.5, 0.6) is 0 Å². The number of aromatic nitrogens is 1. The van der Waals surface area contributed by atoms with Crippen molar-refractivity contribution in [2.75, 3.05) is 36.5 Å². The van der Waals surface area contributed by atoms with Gasteiger partial charge in [0.2, 0.25) is 0 Å². The van der Waals surface area contributed by atoms with E-state index in [1.54, 1.807) is 12.1 Å². The summed E-state index contributed by atoms with van der Waals surface area (Å²) in [7, 11) is 0. The van der Waals surface area contributed by atoms with E-state index in [0.29, 0.717) is 48.2 Å². The van der Waals surface area contributed by atoms with E-state index in [2.05, 4.69) is 16.4 Å². The molecule has 2 heterocycles. The van der Waals surface area contributed by atoms with Crippen molar-refractivity contribution in [3.05, 3.63) is 63.9 Å². The van der Waals surface area contributed by atoms with Crippen LogP contribution >= 0.6 is 11.3 Å². The van der Waals surface area contributed by atoms with Crippen molar-refractivity contribution in [2.24, 2.45) is 0 Å². The molecule has 1 aliphatic rings. The predicted molar refractivity (Wildman–Crippen MR) is 119 cm³/mol. The number of hydrogen-bond acceptors (Lipinski definition) is 5. The van der Waals surface area contributed by atoms with Crippen LogP contribution in [-0.2, 0) is 4.74 Å². The number of thiazole rings is 1. The molecule has 1 N–H and O–H groups in total. The molecule has 0 bridgehead atoms. The summed E-state index contributed by atoms with van der Waals surface area (Å²) in [5.74, 6) is -0.633. The molecule has 1 aromatic heterocycles. The van der Waals surface area contributed by atoms with Crippen LogP contribution in [0.15, 0.2) is 36.4 Å². The number of benzene rings is 2. The Morgan fingerprint density at radius 1 is 1.13 bits per heavy atom. The molecule has 0 unspecified atom stereocenters. The molecule has 2 aromatic carbocycles. The first-order chi connectivity index (χ1) is 14.4. The van der Waals surface area contributed by atoms with Crippen LogP contribution in [0, 0.1) is 26.6 Å². The third-order valence-corrected chi connectivity index (χ3v) is 6.36. The van der Waals surface area contributed by atoms with Crippen molar-refractivity contribution in [2.45, 2.75) is 20.8 Å². The minimum atomic E-state index is -0.355. The van der Waals surface area contributed by atoms with Gasteiger partial charge in [0, 0.05) is 24.3 Å². The van der Waals surface area contributed by atoms with Crippen molar-refractivity contribution >= 4 is 28.6 Å². The molecule has 0 aliphatic carbocycles. The number of morpholine rings is 1. The number of hydrogen-bond donors (Lipinski definition) is 1. The van der Waals surface area contributed by atoms with Crippen molar-refractivity contribution in [3.8, 4) is 10.6 Å². The highest BCUT2D eigenvalue weighted by Gasteiger charge is 2.19. The number of ether oxygens (including phenoxy) is 1. The fourth-order valence-corrected chi connectivity index (χ4v) is 4.66. The van der Waals surface area contributed by atoms with Crippen LogP contribution in [0.25, 0.3) is 10.6 Å². The fraction of sp³-hybridized carbons (Fsp3) is 0.304.